The second-order valence-electron chi connectivity index (χ2n) is 12.1. The first-order valence-electron chi connectivity index (χ1n) is 13.8. The fraction of sp³-hybridized carbons (Fsp3) is 0.750. The molecule has 5 saturated carbocycles. The second-order valence-corrected chi connectivity index (χ2v) is 12.1. The third-order valence-electron chi connectivity index (χ3n) is 10.0. The van der Waals surface area contributed by atoms with Crippen molar-refractivity contribution in [3.05, 3.63) is 30.3 Å². The van der Waals surface area contributed by atoms with Gasteiger partial charge in [0.05, 0.1) is 0 Å². The van der Waals surface area contributed by atoms with Gasteiger partial charge in [0.15, 0.2) is 0 Å². The number of anilines is 1. The minimum Gasteiger partial charge on any atom is -0.368 e. The maximum absolute atomic E-state index is 13.1. The Morgan fingerprint density at radius 1 is 0.853 bits per heavy atom. The van der Waals surface area contributed by atoms with Crippen LogP contribution in [0.25, 0.3) is 0 Å². The number of rotatable bonds is 3. The lowest BCUT2D eigenvalue weighted by molar-refractivity contribution is -0.390. The molecule has 2 spiro atoms. The molecule has 7 aliphatic rings. The van der Waals surface area contributed by atoms with Crippen LogP contribution in [0.3, 0.4) is 0 Å². The molecule has 2 saturated heterocycles. The van der Waals surface area contributed by atoms with Crippen LogP contribution in [0.1, 0.15) is 64.2 Å². The summed E-state index contributed by atoms with van der Waals surface area (Å²) in [6, 6.07) is 10.5. The van der Waals surface area contributed by atoms with E-state index >= 15 is 0 Å². The van der Waals surface area contributed by atoms with Gasteiger partial charge >= 0.3 is 0 Å². The zero-order valence-electron chi connectivity index (χ0n) is 20.2. The maximum Gasteiger partial charge on any atom is 0.222 e. The highest BCUT2D eigenvalue weighted by Crippen LogP contribution is 2.63. The van der Waals surface area contributed by atoms with E-state index in [9.17, 15) is 4.79 Å². The van der Waals surface area contributed by atoms with Crippen molar-refractivity contribution in [1.82, 2.24) is 4.90 Å². The summed E-state index contributed by atoms with van der Waals surface area (Å²) in [4.78, 5) is 29.7. The molecule has 6 heteroatoms. The summed E-state index contributed by atoms with van der Waals surface area (Å²) in [6.45, 7) is 3.46. The van der Waals surface area contributed by atoms with Crippen molar-refractivity contribution in [3.63, 3.8) is 0 Å². The van der Waals surface area contributed by atoms with Gasteiger partial charge in [0.1, 0.15) is 0 Å². The number of hydrogen-bond donors (Lipinski definition) is 0. The highest BCUT2D eigenvalue weighted by atomic mass is 17.3. The first-order valence-corrected chi connectivity index (χ1v) is 13.8. The molecule has 6 nitrogen and oxygen atoms in total. The molecule has 7 fully saturated rings. The SMILES string of the molecule is O=C(CC1CCC2(CC1)OOC1(O2)C2CC3CC(C2)CC1C3)N1CCN(c2ccccc2)CC1. The molecule has 1 aromatic carbocycles. The fourth-order valence-electron chi connectivity index (χ4n) is 8.35. The number of carbonyl (C=O) groups is 1. The van der Waals surface area contributed by atoms with Crippen LogP contribution >= 0.6 is 0 Å². The van der Waals surface area contributed by atoms with Crippen molar-refractivity contribution >= 4 is 11.6 Å². The summed E-state index contributed by atoms with van der Waals surface area (Å²) in [5, 5.41) is 0. The van der Waals surface area contributed by atoms with Gasteiger partial charge in [-0.15, -0.1) is 0 Å². The average molecular weight is 467 g/mol. The van der Waals surface area contributed by atoms with Crippen LogP contribution in [0, 0.1) is 29.6 Å². The molecule has 1 amide bonds. The smallest absolute Gasteiger partial charge is 0.222 e. The summed E-state index contributed by atoms with van der Waals surface area (Å²) < 4.78 is 6.83. The molecule has 0 N–H and O–H groups in total. The van der Waals surface area contributed by atoms with Crippen LogP contribution in [0.5, 0.6) is 0 Å². The molecule has 0 unspecified atom stereocenters. The predicted octanol–water partition coefficient (Wildman–Crippen LogP) is 4.74. The maximum atomic E-state index is 13.1. The number of piperazine rings is 1. The Hall–Kier alpha value is -1.63. The molecule has 0 atom stereocenters. The third-order valence-corrected chi connectivity index (χ3v) is 10.0. The van der Waals surface area contributed by atoms with Crippen LogP contribution < -0.4 is 4.90 Å². The van der Waals surface area contributed by atoms with Gasteiger partial charge in [-0.2, -0.15) is 9.78 Å². The normalized spacial score (nSPS) is 43.2. The Labute approximate surface area is 202 Å². The van der Waals surface area contributed by atoms with Gasteiger partial charge in [-0.1, -0.05) is 18.2 Å². The Kier molecular flexibility index (Phi) is 5.22. The molecular formula is C28H38N2O4. The minimum absolute atomic E-state index is 0.315. The molecular weight excluding hydrogens is 428 g/mol. The molecule has 2 aliphatic heterocycles. The minimum atomic E-state index is -0.573. The van der Waals surface area contributed by atoms with Crippen molar-refractivity contribution in [2.75, 3.05) is 31.1 Å². The van der Waals surface area contributed by atoms with E-state index in [0.717, 1.165) is 63.7 Å². The van der Waals surface area contributed by atoms with Crippen molar-refractivity contribution < 1.29 is 19.3 Å². The van der Waals surface area contributed by atoms with E-state index in [1.54, 1.807) is 0 Å². The van der Waals surface area contributed by atoms with E-state index in [2.05, 4.69) is 34.1 Å². The highest BCUT2D eigenvalue weighted by Gasteiger charge is 2.66. The van der Waals surface area contributed by atoms with Crippen molar-refractivity contribution in [2.24, 2.45) is 29.6 Å². The quantitative estimate of drug-likeness (QED) is 0.602. The number of nitrogens with zero attached hydrogens (tertiary/aromatic N) is 2. The lowest BCUT2D eigenvalue weighted by atomic mass is 9.53. The predicted molar refractivity (Wildman–Crippen MR) is 128 cm³/mol. The third kappa shape index (κ3) is 3.59. The monoisotopic (exact) mass is 466 g/mol. The summed E-state index contributed by atoms with van der Waals surface area (Å²) >= 11 is 0. The summed E-state index contributed by atoms with van der Waals surface area (Å²) in [5.41, 5.74) is 1.25. The first-order chi connectivity index (χ1) is 16.6. The highest BCUT2D eigenvalue weighted by molar-refractivity contribution is 5.76. The molecule has 2 heterocycles. The van der Waals surface area contributed by atoms with E-state index < -0.39 is 11.6 Å². The number of hydrogen-bond acceptors (Lipinski definition) is 5. The van der Waals surface area contributed by atoms with E-state index in [0.29, 0.717) is 30.1 Å². The van der Waals surface area contributed by atoms with Crippen LogP contribution in [-0.2, 0) is 19.3 Å². The van der Waals surface area contributed by atoms with Crippen LogP contribution in [0.15, 0.2) is 30.3 Å². The standard InChI is InChI=1S/C28H38N2O4/c31-26(30-12-10-29(11-13-30)25-4-2-1-3-5-25)19-20-6-8-27(9-7-20)32-28(34-33-27)23-15-21-14-22(17-23)18-24(28)16-21/h1-5,20-24H,6-19H2. The molecule has 5 aliphatic carbocycles. The van der Waals surface area contributed by atoms with E-state index in [4.69, 9.17) is 14.5 Å². The zero-order valence-corrected chi connectivity index (χ0v) is 20.2. The average Bonchev–Trinajstić information content (AvgIpc) is 3.24. The van der Waals surface area contributed by atoms with Gasteiger partial charge in [-0.25, -0.2) is 0 Å². The molecule has 184 valence electrons. The number of carbonyl (C=O) groups excluding carboxylic acids is 1. The summed E-state index contributed by atoms with van der Waals surface area (Å²) in [7, 11) is 0. The fourth-order valence-corrected chi connectivity index (χ4v) is 8.35. The lowest BCUT2D eigenvalue weighted by Crippen LogP contribution is -2.59. The Morgan fingerprint density at radius 2 is 1.50 bits per heavy atom. The van der Waals surface area contributed by atoms with E-state index in [1.807, 2.05) is 6.07 Å². The van der Waals surface area contributed by atoms with Crippen molar-refractivity contribution in [3.8, 4) is 0 Å². The van der Waals surface area contributed by atoms with Gasteiger partial charge < -0.3 is 14.5 Å². The van der Waals surface area contributed by atoms with Crippen molar-refractivity contribution in [2.45, 2.75) is 75.8 Å². The van der Waals surface area contributed by atoms with Crippen molar-refractivity contribution in [1.29, 1.82) is 0 Å². The van der Waals surface area contributed by atoms with Gasteiger partial charge in [-0.3, -0.25) is 4.79 Å². The van der Waals surface area contributed by atoms with Gasteiger partial charge in [0.2, 0.25) is 17.5 Å². The number of benzene rings is 1. The van der Waals surface area contributed by atoms with Gasteiger partial charge in [0, 0.05) is 63.0 Å². The molecule has 8 rings (SSSR count). The summed E-state index contributed by atoms with van der Waals surface area (Å²) in [6.07, 6.45) is 10.7. The lowest BCUT2D eigenvalue weighted by Gasteiger charge is -2.57. The van der Waals surface area contributed by atoms with E-state index in [1.165, 1.54) is 37.8 Å². The molecule has 1 aromatic rings. The second kappa shape index (κ2) is 8.21. The van der Waals surface area contributed by atoms with Crippen LogP contribution in [0.4, 0.5) is 5.69 Å². The topological polar surface area (TPSA) is 51.2 Å². The molecule has 0 aromatic heterocycles. The molecule has 34 heavy (non-hydrogen) atoms. The Balaban J connectivity index is 0.916. The van der Waals surface area contributed by atoms with E-state index in [-0.39, 0.29) is 0 Å². The van der Waals surface area contributed by atoms with Gasteiger partial charge in [0.25, 0.3) is 0 Å². The number of ether oxygens (including phenoxy) is 1. The largest absolute Gasteiger partial charge is 0.368 e. The molecule has 0 radical (unpaired) electrons. The van der Waals surface area contributed by atoms with Crippen LogP contribution in [0.2, 0.25) is 0 Å². The Morgan fingerprint density at radius 3 is 2.15 bits per heavy atom. The van der Waals surface area contributed by atoms with Gasteiger partial charge in [-0.05, 0) is 74.8 Å². The zero-order chi connectivity index (χ0) is 22.8. The van der Waals surface area contributed by atoms with Crippen LogP contribution in [-0.4, -0.2) is 48.6 Å². The molecule has 4 bridgehead atoms. The Bertz CT molecular complexity index is 876. The number of para-hydroxylation sites is 1. The summed E-state index contributed by atoms with van der Waals surface area (Å²) in [5.74, 6) is 2.48. The number of amides is 1. The first kappa shape index (κ1) is 21.6.